The molecule has 0 amide bonds. The summed E-state index contributed by atoms with van der Waals surface area (Å²) in [6, 6.07) is -0.322. The van der Waals surface area contributed by atoms with E-state index in [-0.39, 0.29) is 12.6 Å². The van der Waals surface area contributed by atoms with Crippen molar-refractivity contribution in [1.29, 1.82) is 0 Å². The van der Waals surface area contributed by atoms with Crippen LogP contribution in [0.1, 0.15) is 24.1 Å². The molecule has 2 heterocycles. The molecule has 0 spiro atoms. The number of aromatic nitrogens is 1. The van der Waals surface area contributed by atoms with Gasteiger partial charge in [-0.05, 0) is 19.8 Å². The first-order valence-electron chi connectivity index (χ1n) is 5.86. The lowest BCUT2D eigenvalue weighted by Gasteiger charge is -2.33. The van der Waals surface area contributed by atoms with E-state index in [0.29, 0.717) is 18.1 Å². The smallest absolute Gasteiger partial charge is 0.303 e. The summed E-state index contributed by atoms with van der Waals surface area (Å²) in [5.41, 5.74) is 0. The average molecular weight is 291 g/mol. The van der Waals surface area contributed by atoms with Crippen LogP contribution in [0.4, 0.5) is 5.13 Å². The first-order chi connectivity index (χ1) is 8.53. The average Bonchev–Trinajstić information content (AvgIpc) is 2.74. The monoisotopic (exact) mass is 291 g/mol. The molecule has 8 heteroatoms. The molecule has 102 valence electrons. The molecular weight excluding hydrogens is 274 g/mol. The fourth-order valence-corrected chi connectivity index (χ4v) is 4.37. The van der Waals surface area contributed by atoms with Crippen LogP contribution in [0.5, 0.6) is 0 Å². The molecule has 0 aliphatic carbocycles. The SMILES string of the molecule is Cc1cnc(NS(=O)(=O)N2CCCCC2CO)s1. The minimum Gasteiger partial charge on any atom is -0.395 e. The number of anilines is 1. The van der Waals surface area contributed by atoms with E-state index in [4.69, 9.17) is 0 Å². The van der Waals surface area contributed by atoms with Crippen molar-refractivity contribution in [3.63, 3.8) is 0 Å². The number of hydrogen-bond donors (Lipinski definition) is 2. The van der Waals surface area contributed by atoms with Gasteiger partial charge in [-0.15, -0.1) is 11.3 Å². The number of nitrogens with one attached hydrogen (secondary N) is 1. The van der Waals surface area contributed by atoms with E-state index in [1.807, 2.05) is 6.92 Å². The van der Waals surface area contributed by atoms with Crippen LogP contribution in [0.3, 0.4) is 0 Å². The highest BCUT2D eigenvalue weighted by atomic mass is 32.2. The van der Waals surface area contributed by atoms with E-state index in [9.17, 15) is 13.5 Å². The number of thiazole rings is 1. The second-order valence-electron chi connectivity index (χ2n) is 4.33. The normalized spacial score (nSPS) is 22.0. The van der Waals surface area contributed by atoms with Crippen molar-refractivity contribution in [2.24, 2.45) is 0 Å². The number of aryl methyl sites for hydroxylation is 1. The summed E-state index contributed by atoms with van der Waals surface area (Å²) >= 11 is 1.30. The number of aliphatic hydroxyl groups excluding tert-OH is 1. The topological polar surface area (TPSA) is 82.5 Å². The summed E-state index contributed by atoms with van der Waals surface area (Å²) in [6.45, 7) is 2.18. The molecule has 1 aliphatic heterocycles. The van der Waals surface area contributed by atoms with Crippen LogP contribution in [0, 0.1) is 6.92 Å². The van der Waals surface area contributed by atoms with Gasteiger partial charge < -0.3 is 5.11 Å². The van der Waals surface area contributed by atoms with Gasteiger partial charge in [0.2, 0.25) is 0 Å². The van der Waals surface area contributed by atoms with Crippen molar-refractivity contribution in [3.05, 3.63) is 11.1 Å². The first kappa shape index (κ1) is 13.7. The summed E-state index contributed by atoms with van der Waals surface area (Å²) in [7, 11) is -3.61. The highest BCUT2D eigenvalue weighted by Gasteiger charge is 2.32. The molecule has 1 aromatic rings. The molecule has 1 unspecified atom stereocenters. The summed E-state index contributed by atoms with van der Waals surface area (Å²) in [5.74, 6) is 0. The molecule has 2 N–H and O–H groups in total. The first-order valence-corrected chi connectivity index (χ1v) is 8.11. The lowest BCUT2D eigenvalue weighted by molar-refractivity contribution is 0.156. The quantitative estimate of drug-likeness (QED) is 0.865. The second-order valence-corrected chi connectivity index (χ2v) is 7.18. The molecule has 1 aliphatic rings. The van der Waals surface area contributed by atoms with Gasteiger partial charge in [0.15, 0.2) is 5.13 Å². The van der Waals surface area contributed by atoms with E-state index < -0.39 is 10.2 Å². The van der Waals surface area contributed by atoms with Crippen LogP contribution < -0.4 is 4.72 Å². The zero-order chi connectivity index (χ0) is 13.2. The van der Waals surface area contributed by atoms with Gasteiger partial charge in [-0.3, -0.25) is 0 Å². The fourth-order valence-electron chi connectivity index (χ4n) is 2.04. The maximum absolute atomic E-state index is 12.2. The maximum Gasteiger partial charge on any atom is 0.303 e. The maximum atomic E-state index is 12.2. The predicted molar refractivity (Wildman–Crippen MR) is 70.8 cm³/mol. The Morgan fingerprint density at radius 3 is 3.00 bits per heavy atom. The molecule has 0 radical (unpaired) electrons. The Labute approximate surface area is 111 Å². The van der Waals surface area contributed by atoms with Crippen molar-refractivity contribution in [1.82, 2.24) is 9.29 Å². The van der Waals surface area contributed by atoms with Gasteiger partial charge >= 0.3 is 10.2 Å². The standard InChI is InChI=1S/C10H17N3O3S2/c1-8-6-11-10(17-8)12-18(15,16)13-5-3-2-4-9(13)7-14/h6,9,14H,2-5,7H2,1H3,(H,11,12). The lowest BCUT2D eigenvalue weighted by Crippen LogP contribution is -2.47. The highest BCUT2D eigenvalue weighted by molar-refractivity contribution is 7.90. The largest absolute Gasteiger partial charge is 0.395 e. The van der Waals surface area contributed by atoms with Crippen LogP contribution in [-0.4, -0.2) is 42.0 Å². The number of nitrogens with zero attached hydrogens (tertiary/aromatic N) is 2. The predicted octanol–water partition coefficient (Wildman–Crippen LogP) is 0.955. The van der Waals surface area contributed by atoms with Gasteiger partial charge in [-0.1, -0.05) is 6.42 Å². The Morgan fingerprint density at radius 1 is 1.61 bits per heavy atom. The number of aliphatic hydroxyl groups is 1. The zero-order valence-corrected chi connectivity index (χ0v) is 11.8. The van der Waals surface area contributed by atoms with Crippen LogP contribution in [0.15, 0.2) is 6.20 Å². The van der Waals surface area contributed by atoms with Crippen molar-refractivity contribution in [2.45, 2.75) is 32.2 Å². The van der Waals surface area contributed by atoms with Crippen molar-refractivity contribution in [3.8, 4) is 0 Å². The summed E-state index contributed by atoms with van der Waals surface area (Å²) < 4.78 is 28.2. The number of piperidine rings is 1. The Bertz CT molecular complexity index is 500. The van der Waals surface area contributed by atoms with Gasteiger partial charge in [-0.25, -0.2) is 9.71 Å². The summed E-state index contributed by atoms with van der Waals surface area (Å²) in [4.78, 5) is 4.93. The molecule has 0 aromatic carbocycles. The molecule has 1 aromatic heterocycles. The van der Waals surface area contributed by atoms with Gasteiger partial charge in [-0.2, -0.15) is 12.7 Å². The van der Waals surface area contributed by atoms with Crippen molar-refractivity contribution in [2.75, 3.05) is 17.9 Å². The molecule has 2 rings (SSSR count). The van der Waals surface area contributed by atoms with E-state index in [1.165, 1.54) is 15.6 Å². The van der Waals surface area contributed by atoms with Crippen molar-refractivity contribution < 1.29 is 13.5 Å². The molecular formula is C10H17N3O3S2. The molecule has 0 saturated carbocycles. The zero-order valence-electron chi connectivity index (χ0n) is 10.2. The Hall–Kier alpha value is -0.700. The Morgan fingerprint density at radius 2 is 2.39 bits per heavy atom. The van der Waals surface area contributed by atoms with E-state index in [1.54, 1.807) is 6.20 Å². The summed E-state index contributed by atoms with van der Waals surface area (Å²) in [6.07, 6.45) is 4.11. The van der Waals surface area contributed by atoms with Crippen LogP contribution in [-0.2, 0) is 10.2 Å². The molecule has 1 fully saturated rings. The third-order valence-electron chi connectivity index (χ3n) is 2.93. The van der Waals surface area contributed by atoms with Crippen LogP contribution in [0.2, 0.25) is 0 Å². The highest BCUT2D eigenvalue weighted by Crippen LogP contribution is 2.23. The van der Waals surface area contributed by atoms with Gasteiger partial charge in [0.05, 0.1) is 6.61 Å². The Balaban J connectivity index is 2.14. The van der Waals surface area contributed by atoms with E-state index in [0.717, 1.165) is 17.7 Å². The molecule has 0 bridgehead atoms. The van der Waals surface area contributed by atoms with E-state index >= 15 is 0 Å². The molecule has 1 atom stereocenters. The lowest BCUT2D eigenvalue weighted by atomic mass is 10.1. The minimum absolute atomic E-state index is 0.141. The third-order valence-corrected chi connectivity index (χ3v) is 5.44. The summed E-state index contributed by atoms with van der Waals surface area (Å²) in [5, 5.41) is 9.62. The van der Waals surface area contributed by atoms with E-state index in [2.05, 4.69) is 9.71 Å². The van der Waals surface area contributed by atoms with Crippen LogP contribution >= 0.6 is 11.3 Å². The second kappa shape index (κ2) is 5.52. The Kier molecular flexibility index (Phi) is 4.21. The van der Waals surface area contributed by atoms with Gasteiger partial charge in [0.1, 0.15) is 0 Å². The number of rotatable bonds is 4. The van der Waals surface area contributed by atoms with Gasteiger partial charge in [0.25, 0.3) is 0 Å². The molecule has 1 saturated heterocycles. The fraction of sp³-hybridized carbons (Fsp3) is 0.700. The molecule has 6 nitrogen and oxygen atoms in total. The minimum atomic E-state index is -3.61. The molecule has 18 heavy (non-hydrogen) atoms. The van der Waals surface area contributed by atoms with Crippen LogP contribution in [0.25, 0.3) is 0 Å². The van der Waals surface area contributed by atoms with Crippen molar-refractivity contribution >= 4 is 26.7 Å². The number of hydrogen-bond acceptors (Lipinski definition) is 5. The van der Waals surface area contributed by atoms with Gasteiger partial charge in [0, 0.05) is 23.7 Å². The third kappa shape index (κ3) is 3.00.